The van der Waals surface area contributed by atoms with Gasteiger partial charge in [-0.05, 0) is 31.0 Å². The third kappa shape index (κ3) is 7.80. The fourth-order valence-corrected chi connectivity index (χ4v) is 3.12. The van der Waals surface area contributed by atoms with Crippen LogP contribution in [0.3, 0.4) is 0 Å². The first kappa shape index (κ1) is 23.2. The molecule has 1 aliphatic rings. The van der Waals surface area contributed by atoms with Gasteiger partial charge in [0.25, 0.3) is 0 Å². The number of guanidine groups is 1. The lowest BCUT2D eigenvalue weighted by Crippen LogP contribution is -2.45. The Balaban J connectivity index is 0.00000338. The summed E-state index contributed by atoms with van der Waals surface area (Å²) < 4.78 is 0. The molecule has 148 valence electrons. The van der Waals surface area contributed by atoms with Crippen molar-refractivity contribution in [1.29, 1.82) is 0 Å². The molecule has 0 radical (unpaired) electrons. The third-order valence-corrected chi connectivity index (χ3v) is 4.72. The molecule has 0 aliphatic carbocycles. The van der Waals surface area contributed by atoms with Gasteiger partial charge >= 0.3 is 0 Å². The zero-order chi connectivity index (χ0) is 17.9. The number of piperazine rings is 1. The van der Waals surface area contributed by atoms with E-state index in [2.05, 4.69) is 65.5 Å². The lowest BCUT2D eigenvalue weighted by Gasteiger charge is -2.34. The average molecular weight is 473 g/mol. The fourth-order valence-electron chi connectivity index (χ4n) is 3.12. The standard InChI is InChI=1S/C20H35N5.HI/c1-4-11-22-20(21-5-2)23-16-18-9-7-8-10-19(18)17-25-14-12-24(6-3)13-15-25;/h7-10H,4-6,11-17H2,1-3H3,(H2,21,22,23);1H. The fraction of sp³-hybridized carbons (Fsp3) is 0.650. The minimum Gasteiger partial charge on any atom is -0.357 e. The van der Waals surface area contributed by atoms with E-state index in [-0.39, 0.29) is 24.0 Å². The van der Waals surface area contributed by atoms with E-state index in [4.69, 9.17) is 4.99 Å². The van der Waals surface area contributed by atoms with Crippen LogP contribution in [0.25, 0.3) is 0 Å². The largest absolute Gasteiger partial charge is 0.357 e. The molecule has 0 bridgehead atoms. The molecule has 6 heteroatoms. The molecule has 1 heterocycles. The van der Waals surface area contributed by atoms with Crippen LogP contribution in [0.4, 0.5) is 0 Å². The molecular weight excluding hydrogens is 437 g/mol. The van der Waals surface area contributed by atoms with Crippen LogP contribution >= 0.6 is 24.0 Å². The molecule has 1 aliphatic heterocycles. The van der Waals surface area contributed by atoms with Gasteiger partial charge < -0.3 is 15.5 Å². The normalized spacial score (nSPS) is 16.2. The van der Waals surface area contributed by atoms with E-state index in [1.165, 1.54) is 24.2 Å². The van der Waals surface area contributed by atoms with Crippen molar-refractivity contribution in [2.45, 2.75) is 40.3 Å². The van der Waals surface area contributed by atoms with Crippen molar-refractivity contribution in [2.24, 2.45) is 4.99 Å². The highest BCUT2D eigenvalue weighted by molar-refractivity contribution is 14.0. The number of aliphatic imine (C=N–C) groups is 1. The number of nitrogens with zero attached hydrogens (tertiary/aromatic N) is 3. The van der Waals surface area contributed by atoms with Gasteiger partial charge in [0.05, 0.1) is 6.54 Å². The number of halogens is 1. The first-order valence-corrected chi connectivity index (χ1v) is 9.80. The maximum Gasteiger partial charge on any atom is 0.191 e. The summed E-state index contributed by atoms with van der Waals surface area (Å²) in [5.41, 5.74) is 2.73. The molecule has 0 unspecified atom stereocenters. The number of hydrogen-bond acceptors (Lipinski definition) is 3. The quantitative estimate of drug-likeness (QED) is 0.346. The number of hydrogen-bond donors (Lipinski definition) is 2. The Morgan fingerprint density at radius 3 is 2.23 bits per heavy atom. The van der Waals surface area contributed by atoms with Gasteiger partial charge in [-0.2, -0.15) is 0 Å². The molecule has 26 heavy (non-hydrogen) atoms. The Bertz CT molecular complexity index is 527. The molecule has 1 aromatic rings. The van der Waals surface area contributed by atoms with E-state index in [0.29, 0.717) is 0 Å². The summed E-state index contributed by atoms with van der Waals surface area (Å²) in [6.45, 7) is 16.0. The molecule has 2 N–H and O–H groups in total. The maximum absolute atomic E-state index is 4.77. The number of likely N-dealkylation sites (N-methyl/N-ethyl adjacent to an activating group) is 1. The van der Waals surface area contributed by atoms with Crippen molar-refractivity contribution in [1.82, 2.24) is 20.4 Å². The van der Waals surface area contributed by atoms with Gasteiger partial charge in [-0.3, -0.25) is 4.90 Å². The van der Waals surface area contributed by atoms with E-state index in [1.54, 1.807) is 0 Å². The van der Waals surface area contributed by atoms with Crippen molar-refractivity contribution in [2.75, 3.05) is 45.8 Å². The van der Waals surface area contributed by atoms with Crippen LogP contribution in [0.15, 0.2) is 29.3 Å². The monoisotopic (exact) mass is 473 g/mol. The minimum atomic E-state index is 0. The van der Waals surface area contributed by atoms with Crippen LogP contribution in [-0.4, -0.2) is 61.6 Å². The molecule has 1 saturated heterocycles. The number of benzene rings is 1. The first-order valence-electron chi connectivity index (χ1n) is 9.80. The van der Waals surface area contributed by atoms with Gasteiger partial charge in [0, 0.05) is 45.8 Å². The molecule has 0 aromatic heterocycles. The molecule has 0 saturated carbocycles. The van der Waals surface area contributed by atoms with Gasteiger partial charge in [0.1, 0.15) is 0 Å². The first-order chi connectivity index (χ1) is 12.3. The van der Waals surface area contributed by atoms with Crippen LogP contribution in [0.5, 0.6) is 0 Å². The molecular formula is C20H36IN5. The summed E-state index contributed by atoms with van der Waals surface area (Å²) in [4.78, 5) is 9.86. The van der Waals surface area contributed by atoms with Crippen LogP contribution in [0.2, 0.25) is 0 Å². The van der Waals surface area contributed by atoms with E-state index in [9.17, 15) is 0 Å². The molecule has 0 atom stereocenters. The highest BCUT2D eigenvalue weighted by Crippen LogP contribution is 2.14. The van der Waals surface area contributed by atoms with Crippen molar-refractivity contribution in [3.63, 3.8) is 0 Å². The SMILES string of the molecule is CCCNC(=NCc1ccccc1CN1CCN(CC)CC1)NCC.I. The van der Waals surface area contributed by atoms with E-state index >= 15 is 0 Å². The zero-order valence-electron chi connectivity index (χ0n) is 16.6. The Morgan fingerprint density at radius 2 is 1.62 bits per heavy atom. The molecule has 1 fully saturated rings. The summed E-state index contributed by atoms with van der Waals surface area (Å²) in [6.07, 6.45) is 1.10. The average Bonchev–Trinajstić information content (AvgIpc) is 2.65. The van der Waals surface area contributed by atoms with Gasteiger partial charge in [0.15, 0.2) is 5.96 Å². The van der Waals surface area contributed by atoms with Gasteiger partial charge in [-0.1, -0.05) is 38.1 Å². The highest BCUT2D eigenvalue weighted by atomic mass is 127. The predicted molar refractivity (Wildman–Crippen MR) is 122 cm³/mol. The van der Waals surface area contributed by atoms with Crippen LogP contribution in [0.1, 0.15) is 38.3 Å². The third-order valence-electron chi connectivity index (χ3n) is 4.72. The Kier molecular flexibility index (Phi) is 11.9. The molecule has 0 spiro atoms. The zero-order valence-corrected chi connectivity index (χ0v) is 19.0. The van der Waals surface area contributed by atoms with Crippen LogP contribution in [-0.2, 0) is 13.1 Å². The number of nitrogens with one attached hydrogen (secondary N) is 2. The van der Waals surface area contributed by atoms with Crippen molar-refractivity contribution >= 4 is 29.9 Å². The Morgan fingerprint density at radius 1 is 0.962 bits per heavy atom. The second kappa shape index (κ2) is 13.3. The van der Waals surface area contributed by atoms with E-state index < -0.39 is 0 Å². The smallest absolute Gasteiger partial charge is 0.191 e. The Hall–Kier alpha value is -0.860. The van der Waals surface area contributed by atoms with Crippen LogP contribution in [0, 0.1) is 0 Å². The van der Waals surface area contributed by atoms with Crippen molar-refractivity contribution < 1.29 is 0 Å². The van der Waals surface area contributed by atoms with E-state index in [1.807, 2.05) is 0 Å². The van der Waals surface area contributed by atoms with E-state index in [0.717, 1.165) is 58.2 Å². The minimum absolute atomic E-state index is 0. The maximum atomic E-state index is 4.77. The molecule has 5 nitrogen and oxygen atoms in total. The highest BCUT2D eigenvalue weighted by Gasteiger charge is 2.16. The molecule has 2 rings (SSSR count). The van der Waals surface area contributed by atoms with Crippen molar-refractivity contribution in [3.05, 3.63) is 35.4 Å². The summed E-state index contributed by atoms with van der Waals surface area (Å²) in [7, 11) is 0. The second-order valence-corrected chi connectivity index (χ2v) is 6.60. The summed E-state index contributed by atoms with van der Waals surface area (Å²) in [6, 6.07) is 8.73. The predicted octanol–water partition coefficient (Wildman–Crippen LogP) is 2.91. The van der Waals surface area contributed by atoms with Gasteiger partial charge in [-0.25, -0.2) is 4.99 Å². The lowest BCUT2D eigenvalue weighted by atomic mass is 10.1. The van der Waals surface area contributed by atoms with Gasteiger partial charge in [-0.15, -0.1) is 24.0 Å². The summed E-state index contributed by atoms with van der Waals surface area (Å²) >= 11 is 0. The van der Waals surface area contributed by atoms with Crippen LogP contribution < -0.4 is 10.6 Å². The van der Waals surface area contributed by atoms with Crippen molar-refractivity contribution in [3.8, 4) is 0 Å². The second-order valence-electron chi connectivity index (χ2n) is 6.60. The molecule has 1 aromatic carbocycles. The summed E-state index contributed by atoms with van der Waals surface area (Å²) in [5, 5.41) is 6.70. The topological polar surface area (TPSA) is 42.9 Å². The van der Waals surface area contributed by atoms with Gasteiger partial charge in [0.2, 0.25) is 0 Å². The lowest BCUT2D eigenvalue weighted by molar-refractivity contribution is 0.131. The summed E-state index contributed by atoms with van der Waals surface area (Å²) in [5.74, 6) is 0.913. The number of rotatable bonds is 8. The molecule has 0 amide bonds. The Labute approximate surface area is 176 Å².